The molecule has 2 rings (SSSR count). The summed E-state index contributed by atoms with van der Waals surface area (Å²) in [5.74, 6) is 0.209. The predicted molar refractivity (Wildman–Crippen MR) is 91.9 cm³/mol. The van der Waals surface area contributed by atoms with E-state index in [4.69, 9.17) is 14.2 Å². The van der Waals surface area contributed by atoms with Gasteiger partial charge in [0.1, 0.15) is 23.5 Å². The summed E-state index contributed by atoms with van der Waals surface area (Å²) in [6, 6.07) is 6.69. The van der Waals surface area contributed by atoms with Crippen molar-refractivity contribution in [2.45, 2.75) is 44.9 Å². The van der Waals surface area contributed by atoms with Crippen LogP contribution in [-0.2, 0) is 14.3 Å². The van der Waals surface area contributed by atoms with E-state index in [1.54, 1.807) is 20.8 Å². The van der Waals surface area contributed by atoms with E-state index in [-0.39, 0.29) is 12.6 Å². The van der Waals surface area contributed by atoms with Crippen LogP contribution in [0.2, 0.25) is 0 Å². The normalized spacial score (nSPS) is 20.6. The van der Waals surface area contributed by atoms with Crippen LogP contribution in [0.25, 0.3) is 0 Å². The SMILES string of the molecule is COC(=O)[C@@H]1CC(Oc2ccc(Br)cc2)CN1C(=O)OC(C)(C)C. The fourth-order valence-corrected chi connectivity index (χ4v) is 2.73. The molecule has 0 spiro atoms. The number of amides is 1. The molecule has 2 atom stereocenters. The lowest BCUT2D eigenvalue weighted by Gasteiger charge is -2.27. The summed E-state index contributed by atoms with van der Waals surface area (Å²) in [7, 11) is 1.30. The number of carbonyl (C=O) groups is 2. The molecule has 132 valence electrons. The van der Waals surface area contributed by atoms with Crippen LogP contribution in [0.15, 0.2) is 28.7 Å². The molecule has 1 aliphatic rings. The number of hydrogen-bond acceptors (Lipinski definition) is 5. The monoisotopic (exact) mass is 399 g/mol. The number of ether oxygens (including phenoxy) is 3. The fraction of sp³-hybridized carbons (Fsp3) is 0.529. The molecule has 0 saturated carbocycles. The Bertz CT molecular complexity index is 596. The lowest BCUT2D eigenvalue weighted by Crippen LogP contribution is -2.44. The molecule has 1 aromatic rings. The molecule has 1 unspecified atom stereocenters. The van der Waals surface area contributed by atoms with E-state index in [9.17, 15) is 9.59 Å². The van der Waals surface area contributed by atoms with Crippen molar-refractivity contribution < 1.29 is 23.8 Å². The second-order valence-corrected chi connectivity index (χ2v) is 7.52. The molecule has 1 saturated heterocycles. The van der Waals surface area contributed by atoms with Crippen LogP contribution in [0.1, 0.15) is 27.2 Å². The topological polar surface area (TPSA) is 65.1 Å². The van der Waals surface area contributed by atoms with Crippen LogP contribution in [-0.4, -0.2) is 48.4 Å². The Morgan fingerprint density at radius 2 is 1.83 bits per heavy atom. The van der Waals surface area contributed by atoms with E-state index in [1.807, 2.05) is 24.3 Å². The maximum atomic E-state index is 12.4. The van der Waals surface area contributed by atoms with Gasteiger partial charge in [-0.2, -0.15) is 0 Å². The van der Waals surface area contributed by atoms with Gasteiger partial charge in [0.15, 0.2) is 0 Å². The molecule has 1 fully saturated rings. The van der Waals surface area contributed by atoms with Gasteiger partial charge in [0.05, 0.1) is 13.7 Å². The van der Waals surface area contributed by atoms with Crippen molar-refractivity contribution in [2.24, 2.45) is 0 Å². The Balaban J connectivity index is 2.09. The van der Waals surface area contributed by atoms with Crippen LogP contribution >= 0.6 is 15.9 Å². The van der Waals surface area contributed by atoms with Crippen LogP contribution in [0.4, 0.5) is 4.79 Å². The molecule has 24 heavy (non-hydrogen) atoms. The second-order valence-electron chi connectivity index (χ2n) is 6.60. The number of benzene rings is 1. The maximum Gasteiger partial charge on any atom is 0.411 e. The van der Waals surface area contributed by atoms with E-state index in [0.29, 0.717) is 12.2 Å². The molecule has 1 heterocycles. The van der Waals surface area contributed by atoms with E-state index in [1.165, 1.54) is 12.0 Å². The number of esters is 1. The van der Waals surface area contributed by atoms with Gasteiger partial charge in [-0.3, -0.25) is 4.90 Å². The zero-order chi connectivity index (χ0) is 17.9. The van der Waals surface area contributed by atoms with Crippen molar-refractivity contribution in [1.29, 1.82) is 0 Å². The summed E-state index contributed by atoms with van der Waals surface area (Å²) in [5.41, 5.74) is -0.637. The van der Waals surface area contributed by atoms with Gasteiger partial charge in [0.2, 0.25) is 0 Å². The van der Waals surface area contributed by atoms with Gasteiger partial charge in [-0.15, -0.1) is 0 Å². The number of halogens is 1. The van der Waals surface area contributed by atoms with Crippen molar-refractivity contribution >= 4 is 28.0 Å². The van der Waals surface area contributed by atoms with Crippen molar-refractivity contribution in [3.8, 4) is 5.75 Å². The number of likely N-dealkylation sites (tertiary alicyclic amines) is 1. The van der Waals surface area contributed by atoms with Gasteiger partial charge in [-0.05, 0) is 45.0 Å². The molecule has 0 radical (unpaired) electrons. The summed E-state index contributed by atoms with van der Waals surface area (Å²) in [4.78, 5) is 25.7. The largest absolute Gasteiger partial charge is 0.488 e. The zero-order valence-corrected chi connectivity index (χ0v) is 15.8. The third-order valence-corrected chi connectivity index (χ3v) is 4.01. The Kier molecular flexibility index (Phi) is 5.74. The second kappa shape index (κ2) is 7.42. The third kappa shape index (κ3) is 4.87. The maximum absolute atomic E-state index is 12.4. The number of hydrogen-bond donors (Lipinski definition) is 0. The molecule has 0 aromatic heterocycles. The number of nitrogens with zero attached hydrogens (tertiary/aromatic N) is 1. The smallest absolute Gasteiger partial charge is 0.411 e. The summed E-state index contributed by atoms with van der Waals surface area (Å²) in [6.45, 7) is 5.61. The molecule has 1 amide bonds. The van der Waals surface area contributed by atoms with Crippen LogP contribution in [0, 0.1) is 0 Å². The molecular formula is C17H22BrNO5. The lowest BCUT2D eigenvalue weighted by molar-refractivity contribution is -0.145. The minimum absolute atomic E-state index is 0.269. The molecule has 6 nitrogen and oxygen atoms in total. The summed E-state index contributed by atoms with van der Waals surface area (Å²) < 4.78 is 17.0. The van der Waals surface area contributed by atoms with E-state index < -0.39 is 23.7 Å². The van der Waals surface area contributed by atoms with Gasteiger partial charge < -0.3 is 14.2 Å². The van der Waals surface area contributed by atoms with Gasteiger partial charge in [-0.1, -0.05) is 15.9 Å². The van der Waals surface area contributed by atoms with Gasteiger partial charge in [0.25, 0.3) is 0 Å². The third-order valence-electron chi connectivity index (χ3n) is 3.48. The highest BCUT2D eigenvalue weighted by Gasteiger charge is 2.43. The highest BCUT2D eigenvalue weighted by molar-refractivity contribution is 9.10. The first-order chi connectivity index (χ1) is 11.2. The molecule has 0 aliphatic carbocycles. The number of rotatable bonds is 3. The highest BCUT2D eigenvalue weighted by Crippen LogP contribution is 2.26. The summed E-state index contributed by atoms with van der Waals surface area (Å²) in [6.07, 6.45) is -0.482. The fourth-order valence-electron chi connectivity index (χ4n) is 2.47. The molecule has 7 heteroatoms. The summed E-state index contributed by atoms with van der Waals surface area (Å²) >= 11 is 3.37. The molecule has 1 aromatic carbocycles. The van der Waals surface area contributed by atoms with Crippen molar-refractivity contribution in [2.75, 3.05) is 13.7 Å². The quantitative estimate of drug-likeness (QED) is 0.728. The van der Waals surface area contributed by atoms with Gasteiger partial charge in [-0.25, -0.2) is 9.59 Å². The van der Waals surface area contributed by atoms with Crippen molar-refractivity contribution in [3.05, 3.63) is 28.7 Å². The average Bonchev–Trinajstić information content (AvgIpc) is 2.91. The first kappa shape index (κ1) is 18.6. The molecule has 0 N–H and O–H groups in total. The van der Waals surface area contributed by atoms with E-state index in [2.05, 4.69) is 15.9 Å². The molecule has 0 bridgehead atoms. The van der Waals surface area contributed by atoms with Crippen LogP contribution in [0.3, 0.4) is 0 Å². The lowest BCUT2D eigenvalue weighted by atomic mass is 10.2. The van der Waals surface area contributed by atoms with Crippen molar-refractivity contribution in [1.82, 2.24) is 4.90 Å². The number of carbonyl (C=O) groups excluding carboxylic acids is 2. The predicted octanol–water partition coefficient (Wildman–Crippen LogP) is 3.38. The average molecular weight is 400 g/mol. The van der Waals surface area contributed by atoms with Gasteiger partial charge >= 0.3 is 12.1 Å². The Morgan fingerprint density at radius 3 is 2.38 bits per heavy atom. The number of methoxy groups -OCH3 is 1. The van der Waals surface area contributed by atoms with Crippen LogP contribution in [0.5, 0.6) is 5.75 Å². The first-order valence-corrected chi connectivity index (χ1v) is 8.48. The van der Waals surface area contributed by atoms with Gasteiger partial charge in [0, 0.05) is 10.9 Å². The van der Waals surface area contributed by atoms with Crippen LogP contribution < -0.4 is 4.74 Å². The van der Waals surface area contributed by atoms with E-state index in [0.717, 1.165) is 4.47 Å². The minimum atomic E-state index is -0.703. The molecular weight excluding hydrogens is 378 g/mol. The zero-order valence-electron chi connectivity index (χ0n) is 14.2. The Labute approximate surface area is 150 Å². The molecule has 1 aliphatic heterocycles. The summed E-state index contributed by atoms with van der Waals surface area (Å²) in [5, 5.41) is 0. The standard InChI is InChI=1S/C17H22BrNO5/c1-17(2,3)24-16(21)19-10-13(9-14(19)15(20)22-4)23-12-7-5-11(18)6-8-12/h5-8,13-14H,9-10H2,1-4H3/t13?,14-/m0/s1. The highest BCUT2D eigenvalue weighted by atomic mass is 79.9. The Hall–Kier alpha value is -1.76. The Morgan fingerprint density at radius 1 is 1.21 bits per heavy atom. The van der Waals surface area contributed by atoms with E-state index >= 15 is 0 Å². The minimum Gasteiger partial charge on any atom is -0.488 e. The van der Waals surface area contributed by atoms with Crippen molar-refractivity contribution in [3.63, 3.8) is 0 Å². The first-order valence-electron chi connectivity index (χ1n) is 7.69.